The van der Waals surface area contributed by atoms with Gasteiger partial charge in [0.2, 0.25) is 11.0 Å². The number of amides is 1. The molecule has 3 heterocycles. The molecule has 0 saturated heterocycles. The lowest BCUT2D eigenvalue weighted by Gasteiger charge is -2.10. The van der Waals surface area contributed by atoms with E-state index in [1.807, 2.05) is 17.6 Å². The molecule has 32 heavy (non-hydrogen) atoms. The first-order valence-corrected chi connectivity index (χ1v) is 12.6. The van der Waals surface area contributed by atoms with Crippen molar-refractivity contribution in [2.45, 2.75) is 32.5 Å². The predicted octanol–water partition coefficient (Wildman–Crippen LogP) is 5.37. The summed E-state index contributed by atoms with van der Waals surface area (Å²) in [5.41, 5.74) is 4.57. The number of nitrogens with one attached hydrogen (secondary N) is 1. The fourth-order valence-corrected chi connectivity index (χ4v) is 5.44. The fourth-order valence-electron chi connectivity index (χ4n) is 3.22. The molecule has 1 amide bonds. The minimum atomic E-state index is -0.160. The Morgan fingerprint density at radius 1 is 1.16 bits per heavy atom. The molecule has 164 valence electrons. The van der Waals surface area contributed by atoms with Crippen molar-refractivity contribution in [1.82, 2.24) is 25.0 Å². The highest BCUT2D eigenvalue weighted by Gasteiger charge is 2.21. The van der Waals surface area contributed by atoms with E-state index in [1.165, 1.54) is 33.5 Å². The second kappa shape index (κ2) is 9.76. The molecule has 0 spiro atoms. The zero-order valence-corrected chi connectivity index (χ0v) is 20.4. The highest BCUT2D eigenvalue weighted by Crippen LogP contribution is 2.39. The third-order valence-corrected chi connectivity index (χ3v) is 7.32. The predicted molar refractivity (Wildman–Crippen MR) is 132 cm³/mol. The molecule has 10 heteroatoms. The monoisotopic (exact) mass is 482 g/mol. The van der Waals surface area contributed by atoms with Crippen molar-refractivity contribution in [3.63, 3.8) is 0 Å². The standard InChI is InChI=1S/C22H22N6OS3/c1-5-10-28-20(17-11-30-14(3)19(17)16-8-6-13(2)7-9-16)25-27-22(28)31-12-18(29)23-21-26-24-15(4)32-21/h5-9,11H,1,10,12H2,2-4H3,(H,23,26,29). The van der Waals surface area contributed by atoms with E-state index in [2.05, 4.69) is 75.8 Å². The van der Waals surface area contributed by atoms with E-state index < -0.39 is 0 Å². The van der Waals surface area contributed by atoms with Gasteiger partial charge in [0.05, 0.1) is 5.75 Å². The van der Waals surface area contributed by atoms with Gasteiger partial charge in [-0.1, -0.05) is 59.0 Å². The summed E-state index contributed by atoms with van der Waals surface area (Å²) in [6, 6.07) is 8.50. The van der Waals surface area contributed by atoms with Crippen LogP contribution in [-0.2, 0) is 11.3 Å². The smallest absolute Gasteiger partial charge is 0.236 e. The largest absolute Gasteiger partial charge is 0.300 e. The maximum atomic E-state index is 12.3. The van der Waals surface area contributed by atoms with Crippen LogP contribution in [0, 0.1) is 20.8 Å². The number of thioether (sulfide) groups is 1. The van der Waals surface area contributed by atoms with Crippen LogP contribution in [0.5, 0.6) is 0 Å². The molecule has 1 N–H and O–H groups in total. The van der Waals surface area contributed by atoms with Crippen LogP contribution in [0.1, 0.15) is 15.4 Å². The summed E-state index contributed by atoms with van der Waals surface area (Å²) >= 11 is 4.37. The lowest BCUT2D eigenvalue weighted by atomic mass is 10.0. The first kappa shape index (κ1) is 22.4. The Balaban J connectivity index is 1.59. The molecule has 0 aliphatic heterocycles. The third-order valence-electron chi connectivity index (χ3n) is 4.69. The van der Waals surface area contributed by atoms with E-state index in [9.17, 15) is 4.79 Å². The lowest BCUT2D eigenvalue weighted by molar-refractivity contribution is -0.113. The van der Waals surface area contributed by atoms with Crippen LogP contribution in [-0.4, -0.2) is 36.6 Å². The maximum Gasteiger partial charge on any atom is 0.236 e. The van der Waals surface area contributed by atoms with E-state index in [0.717, 1.165) is 27.5 Å². The lowest BCUT2D eigenvalue weighted by Crippen LogP contribution is -2.14. The van der Waals surface area contributed by atoms with E-state index in [0.29, 0.717) is 16.8 Å². The molecule has 0 atom stereocenters. The van der Waals surface area contributed by atoms with Crippen molar-refractivity contribution in [2.24, 2.45) is 0 Å². The number of carbonyl (C=O) groups is 1. The molecule has 0 unspecified atom stereocenters. The number of hydrogen-bond donors (Lipinski definition) is 1. The van der Waals surface area contributed by atoms with Crippen LogP contribution in [0.3, 0.4) is 0 Å². The molecule has 4 aromatic rings. The Morgan fingerprint density at radius 3 is 2.62 bits per heavy atom. The molecule has 0 aliphatic carbocycles. The molecule has 0 aliphatic rings. The summed E-state index contributed by atoms with van der Waals surface area (Å²) in [5.74, 6) is 0.807. The number of aromatic nitrogens is 5. The van der Waals surface area contributed by atoms with Crippen molar-refractivity contribution < 1.29 is 4.79 Å². The summed E-state index contributed by atoms with van der Waals surface area (Å²) < 4.78 is 2.00. The van der Waals surface area contributed by atoms with Crippen molar-refractivity contribution in [1.29, 1.82) is 0 Å². The number of allylic oxidation sites excluding steroid dienone is 1. The number of carbonyl (C=O) groups excluding carboxylic acids is 1. The highest BCUT2D eigenvalue weighted by molar-refractivity contribution is 7.99. The van der Waals surface area contributed by atoms with Gasteiger partial charge in [-0.2, -0.15) is 0 Å². The Labute approximate surface area is 198 Å². The van der Waals surface area contributed by atoms with Crippen molar-refractivity contribution >= 4 is 45.5 Å². The van der Waals surface area contributed by atoms with Gasteiger partial charge in [-0.3, -0.25) is 14.7 Å². The van der Waals surface area contributed by atoms with Gasteiger partial charge < -0.3 is 0 Å². The van der Waals surface area contributed by atoms with Crippen LogP contribution in [0.25, 0.3) is 22.5 Å². The molecule has 4 rings (SSSR count). The topological polar surface area (TPSA) is 85.6 Å². The second-order valence-electron chi connectivity index (χ2n) is 7.12. The highest BCUT2D eigenvalue weighted by atomic mass is 32.2. The van der Waals surface area contributed by atoms with Gasteiger partial charge in [-0.15, -0.1) is 38.3 Å². The molecule has 0 fully saturated rings. The summed E-state index contributed by atoms with van der Waals surface area (Å²) in [6.45, 7) is 10.5. The fraction of sp³-hybridized carbons (Fsp3) is 0.227. The summed E-state index contributed by atoms with van der Waals surface area (Å²) in [4.78, 5) is 13.6. The zero-order chi connectivity index (χ0) is 22.7. The van der Waals surface area contributed by atoms with Gasteiger partial charge in [0.15, 0.2) is 11.0 Å². The third kappa shape index (κ3) is 4.82. The number of anilines is 1. The molecular formula is C22H22N6OS3. The van der Waals surface area contributed by atoms with Crippen LogP contribution >= 0.6 is 34.4 Å². The minimum absolute atomic E-state index is 0.160. The van der Waals surface area contributed by atoms with Gasteiger partial charge in [0.1, 0.15) is 5.01 Å². The van der Waals surface area contributed by atoms with Crippen LogP contribution in [0.15, 0.2) is 47.5 Å². The number of hydrogen-bond acceptors (Lipinski definition) is 8. The number of thiophene rings is 1. The normalized spacial score (nSPS) is 11.0. The molecule has 0 radical (unpaired) electrons. The molecule has 0 bridgehead atoms. The average molecular weight is 483 g/mol. The molecule has 7 nitrogen and oxygen atoms in total. The second-order valence-corrected chi connectivity index (χ2v) is 10.3. The van der Waals surface area contributed by atoms with Crippen molar-refractivity contribution in [3.8, 4) is 22.5 Å². The maximum absolute atomic E-state index is 12.3. The summed E-state index contributed by atoms with van der Waals surface area (Å²) in [7, 11) is 0. The summed E-state index contributed by atoms with van der Waals surface area (Å²) in [6.07, 6.45) is 1.81. The zero-order valence-electron chi connectivity index (χ0n) is 18.0. The molecule has 0 saturated carbocycles. The number of aryl methyl sites for hydroxylation is 3. The number of rotatable bonds is 8. The SMILES string of the molecule is C=CCn1c(SCC(=O)Nc2nnc(C)s2)nnc1-c1csc(C)c1-c1ccc(C)cc1. The Hall–Kier alpha value is -2.82. The quantitative estimate of drug-likeness (QED) is 0.268. The van der Waals surface area contributed by atoms with Gasteiger partial charge in [0, 0.05) is 27.9 Å². The van der Waals surface area contributed by atoms with Gasteiger partial charge in [0.25, 0.3) is 0 Å². The van der Waals surface area contributed by atoms with Crippen LogP contribution < -0.4 is 5.32 Å². The molecule has 1 aromatic carbocycles. The summed E-state index contributed by atoms with van der Waals surface area (Å²) in [5, 5.41) is 23.6. The van der Waals surface area contributed by atoms with E-state index >= 15 is 0 Å². The average Bonchev–Trinajstić information content (AvgIpc) is 3.46. The Bertz CT molecular complexity index is 1260. The Kier molecular flexibility index (Phi) is 6.83. The van der Waals surface area contributed by atoms with Gasteiger partial charge in [-0.05, 0) is 26.3 Å². The minimum Gasteiger partial charge on any atom is -0.300 e. The van der Waals surface area contributed by atoms with Gasteiger partial charge >= 0.3 is 0 Å². The first-order valence-electron chi connectivity index (χ1n) is 9.88. The molecular weight excluding hydrogens is 460 g/mol. The van der Waals surface area contributed by atoms with Crippen molar-refractivity contribution in [2.75, 3.05) is 11.1 Å². The molecule has 3 aromatic heterocycles. The Morgan fingerprint density at radius 2 is 1.94 bits per heavy atom. The van der Waals surface area contributed by atoms with Gasteiger partial charge in [-0.25, -0.2) is 0 Å². The first-order chi connectivity index (χ1) is 15.5. The van der Waals surface area contributed by atoms with Crippen molar-refractivity contribution in [3.05, 3.63) is 57.7 Å². The van der Waals surface area contributed by atoms with E-state index in [-0.39, 0.29) is 11.7 Å². The van der Waals surface area contributed by atoms with E-state index in [1.54, 1.807) is 11.3 Å². The van der Waals surface area contributed by atoms with Crippen LogP contribution in [0.2, 0.25) is 0 Å². The number of benzene rings is 1. The van der Waals surface area contributed by atoms with E-state index in [4.69, 9.17) is 0 Å². The number of nitrogens with zero attached hydrogens (tertiary/aromatic N) is 5. The van der Waals surface area contributed by atoms with Crippen LogP contribution in [0.4, 0.5) is 5.13 Å².